The molecular weight excluding hydrogens is 340 g/mol. The van der Waals surface area contributed by atoms with E-state index in [0.717, 1.165) is 23.3 Å². The molecule has 5 heteroatoms. The van der Waals surface area contributed by atoms with Crippen LogP contribution >= 0.6 is 0 Å². The van der Waals surface area contributed by atoms with Gasteiger partial charge in [0.05, 0.1) is 0 Å². The highest BCUT2D eigenvalue weighted by Gasteiger charge is 2.10. The van der Waals surface area contributed by atoms with E-state index in [1.54, 1.807) is 24.3 Å². The predicted octanol–water partition coefficient (Wildman–Crippen LogP) is 4.87. The molecule has 0 heterocycles. The fourth-order valence-corrected chi connectivity index (χ4v) is 2.67. The van der Waals surface area contributed by atoms with Gasteiger partial charge < -0.3 is 15.4 Å². The second kappa shape index (κ2) is 9.76. The third-order valence-electron chi connectivity index (χ3n) is 4.08. The normalized spacial score (nSPS) is 10.6. The summed E-state index contributed by atoms with van der Waals surface area (Å²) in [6.45, 7) is 8.09. The third-order valence-corrected chi connectivity index (χ3v) is 4.08. The van der Waals surface area contributed by atoms with Crippen LogP contribution < -0.4 is 15.4 Å². The average molecular weight is 368 g/mol. The molecule has 2 aromatic carbocycles. The van der Waals surface area contributed by atoms with Crippen molar-refractivity contribution >= 4 is 23.2 Å². The van der Waals surface area contributed by atoms with Crippen molar-refractivity contribution < 1.29 is 14.3 Å². The van der Waals surface area contributed by atoms with Crippen LogP contribution in [0.4, 0.5) is 11.4 Å². The van der Waals surface area contributed by atoms with E-state index in [1.807, 2.05) is 32.0 Å². The first kappa shape index (κ1) is 20.5. The number of carbonyl (C=O) groups is 2. The summed E-state index contributed by atoms with van der Waals surface area (Å²) in [6.07, 6.45) is 1.30. The lowest BCUT2D eigenvalue weighted by atomic mass is 10.0. The molecule has 2 rings (SSSR count). The van der Waals surface area contributed by atoms with E-state index in [9.17, 15) is 9.59 Å². The molecule has 0 unspecified atom stereocenters. The first-order valence-electron chi connectivity index (χ1n) is 9.32. The second-order valence-electron chi connectivity index (χ2n) is 6.91. The molecule has 144 valence electrons. The molecule has 0 radical (unpaired) electrons. The minimum absolute atomic E-state index is 0.0122. The molecule has 2 N–H and O–H groups in total. The fourth-order valence-electron chi connectivity index (χ4n) is 2.67. The molecule has 2 amide bonds. The monoisotopic (exact) mass is 368 g/mol. The largest absolute Gasteiger partial charge is 0.483 e. The van der Waals surface area contributed by atoms with E-state index in [1.165, 1.54) is 0 Å². The van der Waals surface area contributed by atoms with Gasteiger partial charge in [0.25, 0.3) is 5.91 Å². The van der Waals surface area contributed by atoms with Crippen molar-refractivity contribution in [3.63, 3.8) is 0 Å². The summed E-state index contributed by atoms with van der Waals surface area (Å²) in [5.74, 6) is 0.823. The van der Waals surface area contributed by atoms with Gasteiger partial charge in [0.1, 0.15) is 5.75 Å². The molecule has 0 aliphatic rings. The van der Waals surface area contributed by atoms with Gasteiger partial charge in [-0.1, -0.05) is 32.9 Å². The zero-order valence-corrected chi connectivity index (χ0v) is 16.5. The van der Waals surface area contributed by atoms with Gasteiger partial charge in [0.15, 0.2) is 6.61 Å². The summed E-state index contributed by atoms with van der Waals surface area (Å²) in [5.41, 5.74) is 3.55. The van der Waals surface area contributed by atoms with Crippen LogP contribution in [0.25, 0.3) is 0 Å². The Labute approximate surface area is 161 Å². The highest BCUT2D eigenvalue weighted by Crippen LogP contribution is 2.27. The van der Waals surface area contributed by atoms with E-state index in [-0.39, 0.29) is 18.4 Å². The van der Waals surface area contributed by atoms with Crippen molar-refractivity contribution in [1.82, 2.24) is 0 Å². The van der Waals surface area contributed by atoms with Crippen molar-refractivity contribution in [2.24, 2.45) is 0 Å². The minimum Gasteiger partial charge on any atom is -0.483 e. The van der Waals surface area contributed by atoms with Crippen LogP contribution in [0.2, 0.25) is 0 Å². The molecule has 2 aromatic rings. The number of rotatable bonds is 8. The average Bonchev–Trinajstić information content (AvgIpc) is 2.61. The van der Waals surface area contributed by atoms with Gasteiger partial charge in [-0.2, -0.15) is 0 Å². The molecule has 5 nitrogen and oxygen atoms in total. The summed E-state index contributed by atoms with van der Waals surface area (Å²) in [7, 11) is 0. The molecular formula is C22H28N2O3. The molecule has 0 saturated heterocycles. The van der Waals surface area contributed by atoms with Crippen molar-refractivity contribution in [2.45, 2.75) is 46.5 Å². The second-order valence-corrected chi connectivity index (χ2v) is 6.91. The molecule has 27 heavy (non-hydrogen) atoms. The maximum Gasteiger partial charge on any atom is 0.262 e. The van der Waals surface area contributed by atoms with Crippen molar-refractivity contribution in [3.05, 3.63) is 53.6 Å². The summed E-state index contributed by atoms with van der Waals surface area (Å²) in [4.78, 5) is 23.8. The Bertz CT molecular complexity index is 783. The molecule has 0 spiro atoms. The molecule has 0 atom stereocenters. The number of ether oxygens (including phenoxy) is 1. The smallest absolute Gasteiger partial charge is 0.262 e. The van der Waals surface area contributed by atoms with E-state index >= 15 is 0 Å². The molecule has 0 aliphatic heterocycles. The van der Waals surface area contributed by atoms with E-state index < -0.39 is 0 Å². The Kier molecular flexibility index (Phi) is 7.41. The molecule has 0 saturated carbocycles. The summed E-state index contributed by atoms with van der Waals surface area (Å²) in [6, 6.07) is 13.1. The minimum atomic E-state index is -0.228. The van der Waals surface area contributed by atoms with Gasteiger partial charge >= 0.3 is 0 Å². The predicted molar refractivity (Wildman–Crippen MR) is 109 cm³/mol. The standard InChI is InChI=1S/C22H28N2O3/c1-5-6-21(25)23-17-8-10-18(11-9-17)24-22(26)14-27-20-13-16(4)7-12-19(20)15(2)3/h7-13,15H,5-6,14H2,1-4H3,(H,23,25)(H,24,26). The zero-order valence-electron chi connectivity index (χ0n) is 16.5. The van der Waals surface area contributed by atoms with Crippen LogP contribution in [-0.2, 0) is 9.59 Å². The third kappa shape index (κ3) is 6.44. The topological polar surface area (TPSA) is 67.4 Å². The maximum absolute atomic E-state index is 12.2. The lowest BCUT2D eigenvalue weighted by Gasteiger charge is -2.15. The lowest BCUT2D eigenvalue weighted by molar-refractivity contribution is -0.118. The first-order chi connectivity index (χ1) is 12.9. The van der Waals surface area contributed by atoms with E-state index in [2.05, 4.69) is 24.5 Å². The van der Waals surface area contributed by atoms with Crippen LogP contribution in [0.15, 0.2) is 42.5 Å². The highest BCUT2D eigenvalue weighted by molar-refractivity contribution is 5.93. The van der Waals surface area contributed by atoms with Gasteiger partial charge in [0.2, 0.25) is 5.91 Å². The van der Waals surface area contributed by atoms with E-state index in [0.29, 0.717) is 23.7 Å². The quantitative estimate of drug-likeness (QED) is 0.698. The van der Waals surface area contributed by atoms with Crippen LogP contribution in [-0.4, -0.2) is 18.4 Å². The number of amides is 2. The number of benzene rings is 2. The Morgan fingerprint density at radius 2 is 1.56 bits per heavy atom. The van der Waals surface area contributed by atoms with Gasteiger partial charge in [-0.05, 0) is 60.7 Å². The fraction of sp³-hybridized carbons (Fsp3) is 0.364. The summed E-state index contributed by atoms with van der Waals surface area (Å²) in [5, 5.41) is 5.62. The van der Waals surface area contributed by atoms with Gasteiger partial charge in [0, 0.05) is 17.8 Å². The Morgan fingerprint density at radius 1 is 0.963 bits per heavy atom. The van der Waals surface area contributed by atoms with Gasteiger partial charge in [-0.3, -0.25) is 9.59 Å². The number of nitrogens with one attached hydrogen (secondary N) is 2. The Hall–Kier alpha value is -2.82. The molecule has 0 fully saturated rings. The number of aryl methyl sites for hydroxylation is 1. The SMILES string of the molecule is CCCC(=O)Nc1ccc(NC(=O)COc2cc(C)ccc2C(C)C)cc1. The lowest BCUT2D eigenvalue weighted by Crippen LogP contribution is -2.20. The van der Waals surface area contributed by atoms with Gasteiger partial charge in [-0.25, -0.2) is 0 Å². The molecule has 0 aromatic heterocycles. The molecule has 0 aliphatic carbocycles. The van der Waals surface area contributed by atoms with Crippen LogP contribution in [0, 0.1) is 6.92 Å². The highest BCUT2D eigenvalue weighted by atomic mass is 16.5. The number of hydrogen-bond acceptors (Lipinski definition) is 3. The van der Waals surface area contributed by atoms with Crippen molar-refractivity contribution in [3.8, 4) is 5.75 Å². The number of anilines is 2. The maximum atomic E-state index is 12.2. The van der Waals surface area contributed by atoms with Crippen LogP contribution in [0.1, 0.15) is 50.7 Å². The van der Waals surface area contributed by atoms with Gasteiger partial charge in [-0.15, -0.1) is 0 Å². The van der Waals surface area contributed by atoms with Crippen molar-refractivity contribution in [2.75, 3.05) is 17.2 Å². The zero-order chi connectivity index (χ0) is 19.8. The Balaban J connectivity index is 1.91. The first-order valence-corrected chi connectivity index (χ1v) is 9.32. The van der Waals surface area contributed by atoms with Crippen LogP contribution in [0.3, 0.4) is 0 Å². The molecule has 0 bridgehead atoms. The number of hydrogen-bond donors (Lipinski definition) is 2. The summed E-state index contributed by atoms with van der Waals surface area (Å²) >= 11 is 0. The number of carbonyl (C=O) groups excluding carboxylic acids is 2. The summed E-state index contributed by atoms with van der Waals surface area (Å²) < 4.78 is 5.75. The van der Waals surface area contributed by atoms with Crippen molar-refractivity contribution in [1.29, 1.82) is 0 Å². The Morgan fingerprint density at radius 3 is 2.11 bits per heavy atom. The van der Waals surface area contributed by atoms with Crippen LogP contribution in [0.5, 0.6) is 5.75 Å². The van der Waals surface area contributed by atoms with E-state index in [4.69, 9.17) is 4.74 Å².